The van der Waals surface area contributed by atoms with Gasteiger partial charge in [0.05, 0.1) is 5.56 Å². The predicted molar refractivity (Wildman–Crippen MR) is 117 cm³/mol. The van der Waals surface area contributed by atoms with Gasteiger partial charge in [-0.3, -0.25) is 14.4 Å². The summed E-state index contributed by atoms with van der Waals surface area (Å²) in [5, 5.41) is 0. The van der Waals surface area contributed by atoms with Crippen molar-refractivity contribution >= 4 is 39.8 Å². The van der Waals surface area contributed by atoms with Crippen LogP contribution in [0.1, 0.15) is 56.0 Å². The Labute approximate surface area is 193 Å². The van der Waals surface area contributed by atoms with Crippen molar-refractivity contribution in [1.82, 2.24) is 0 Å². The van der Waals surface area contributed by atoms with E-state index in [9.17, 15) is 19.2 Å². The van der Waals surface area contributed by atoms with Gasteiger partial charge in [0.2, 0.25) is 5.75 Å². The first-order chi connectivity index (χ1) is 15.3. The van der Waals surface area contributed by atoms with Gasteiger partial charge in [-0.15, -0.1) is 0 Å². The fraction of sp³-hybridized carbons (Fsp3) is 0.304. The van der Waals surface area contributed by atoms with Crippen molar-refractivity contribution in [3.63, 3.8) is 0 Å². The quantitative estimate of drug-likeness (QED) is 0.354. The maximum Gasteiger partial charge on any atom is 0.338 e. The van der Waals surface area contributed by atoms with Crippen LogP contribution in [0.25, 0.3) is 0 Å². The standard InChI is InChI=1S/C23H23BrO8/c1-4-19(25)30-17-11-15(23(28)29-13-14-7-9-16(24)10-8-14)12-18(31-20(26)5-2)22(17)32-21(27)6-3/h7-12H,4-6,13H2,1-3H3. The van der Waals surface area contributed by atoms with Crippen molar-refractivity contribution in [3.8, 4) is 17.2 Å². The molecule has 0 saturated carbocycles. The Morgan fingerprint density at radius 1 is 0.750 bits per heavy atom. The maximum atomic E-state index is 12.7. The van der Waals surface area contributed by atoms with Gasteiger partial charge in [-0.25, -0.2) is 4.79 Å². The van der Waals surface area contributed by atoms with Crippen LogP contribution < -0.4 is 14.2 Å². The monoisotopic (exact) mass is 506 g/mol. The molecule has 0 amide bonds. The molecule has 0 aliphatic rings. The Balaban J connectivity index is 2.42. The highest BCUT2D eigenvalue weighted by Gasteiger charge is 2.24. The van der Waals surface area contributed by atoms with Crippen molar-refractivity contribution in [2.45, 2.75) is 46.6 Å². The summed E-state index contributed by atoms with van der Waals surface area (Å²) < 4.78 is 21.9. The van der Waals surface area contributed by atoms with E-state index in [0.29, 0.717) is 0 Å². The second kappa shape index (κ2) is 12.0. The van der Waals surface area contributed by atoms with E-state index >= 15 is 0 Å². The molecule has 0 bridgehead atoms. The average molecular weight is 507 g/mol. The minimum absolute atomic E-state index is 0.00710. The number of hydrogen-bond donors (Lipinski definition) is 0. The number of rotatable bonds is 9. The van der Waals surface area contributed by atoms with Crippen molar-refractivity contribution in [1.29, 1.82) is 0 Å². The number of esters is 4. The van der Waals surface area contributed by atoms with Gasteiger partial charge in [-0.05, 0) is 29.8 Å². The van der Waals surface area contributed by atoms with Crippen LogP contribution in [-0.4, -0.2) is 23.9 Å². The van der Waals surface area contributed by atoms with Gasteiger partial charge in [0.25, 0.3) is 0 Å². The summed E-state index contributed by atoms with van der Waals surface area (Å²) in [7, 11) is 0. The van der Waals surface area contributed by atoms with Crippen LogP contribution in [0.4, 0.5) is 0 Å². The zero-order chi connectivity index (χ0) is 23.7. The topological polar surface area (TPSA) is 105 Å². The van der Waals surface area contributed by atoms with Crippen molar-refractivity contribution in [3.05, 3.63) is 52.0 Å². The second-order valence-electron chi connectivity index (χ2n) is 6.49. The highest BCUT2D eigenvalue weighted by Crippen LogP contribution is 2.40. The molecule has 0 fully saturated rings. The van der Waals surface area contributed by atoms with Crippen molar-refractivity contribution < 1.29 is 38.1 Å². The Morgan fingerprint density at radius 2 is 1.22 bits per heavy atom. The number of carbonyl (C=O) groups is 4. The van der Waals surface area contributed by atoms with E-state index < -0.39 is 23.9 Å². The first-order valence-electron chi connectivity index (χ1n) is 9.98. The van der Waals surface area contributed by atoms with Gasteiger partial charge < -0.3 is 18.9 Å². The van der Waals surface area contributed by atoms with Crippen LogP contribution >= 0.6 is 15.9 Å². The fourth-order valence-corrected chi connectivity index (χ4v) is 2.60. The normalized spacial score (nSPS) is 10.2. The molecule has 0 unspecified atom stereocenters. The molecule has 0 atom stereocenters. The first-order valence-corrected chi connectivity index (χ1v) is 10.8. The zero-order valence-electron chi connectivity index (χ0n) is 17.9. The van der Waals surface area contributed by atoms with Crippen molar-refractivity contribution in [2.75, 3.05) is 0 Å². The van der Waals surface area contributed by atoms with Gasteiger partial charge in [0.1, 0.15) is 6.61 Å². The predicted octanol–water partition coefficient (Wildman–Crippen LogP) is 4.75. The Morgan fingerprint density at radius 3 is 1.69 bits per heavy atom. The van der Waals surface area contributed by atoms with E-state index in [1.54, 1.807) is 32.9 Å². The Kier molecular flexibility index (Phi) is 9.39. The van der Waals surface area contributed by atoms with Gasteiger partial charge >= 0.3 is 23.9 Å². The van der Waals surface area contributed by atoms with Gasteiger partial charge in [-0.2, -0.15) is 0 Å². The molecule has 8 nitrogen and oxygen atoms in total. The molecule has 170 valence electrons. The minimum Gasteiger partial charge on any atom is -0.457 e. The van der Waals surface area contributed by atoms with E-state index in [2.05, 4.69) is 15.9 Å². The zero-order valence-corrected chi connectivity index (χ0v) is 19.5. The lowest BCUT2D eigenvalue weighted by Gasteiger charge is -2.16. The van der Waals surface area contributed by atoms with Crippen LogP contribution in [0.3, 0.4) is 0 Å². The lowest BCUT2D eigenvalue weighted by atomic mass is 10.1. The summed E-state index contributed by atoms with van der Waals surface area (Å²) >= 11 is 3.33. The summed E-state index contributed by atoms with van der Waals surface area (Å²) in [6, 6.07) is 9.61. The molecule has 9 heteroatoms. The smallest absolute Gasteiger partial charge is 0.338 e. The average Bonchev–Trinajstić information content (AvgIpc) is 2.79. The van der Waals surface area contributed by atoms with Crippen LogP contribution in [-0.2, 0) is 25.7 Å². The highest BCUT2D eigenvalue weighted by atomic mass is 79.9. The number of halogens is 1. The summed E-state index contributed by atoms with van der Waals surface area (Å²) in [4.78, 5) is 48.4. The summed E-state index contributed by atoms with van der Waals surface area (Å²) in [6.45, 7) is 4.72. The number of carbonyl (C=O) groups excluding carboxylic acids is 4. The molecule has 2 aromatic rings. The summed E-state index contributed by atoms with van der Waals surface area (Å²) in [5.74, 6) is -3.36. The van der Waals surface area contributed by atoms with Gasteiger partial charge in [0, 0.05) is 23.7 Å². The number of benzene rings is 2. The molecular formula is C23H23BrO8. The molecule has 0 heterocycles. The number of ether oxygens (including phenoxy) is 4. The minimum atomic E-state index is -0.746. The van der Waals surface area contributed by atoms with E-state index in [0.717, 1.165) is 10.0 Å². The lowest BCUT2D eigenvalue weighted by molar-refractivity contribution is -0.137. The third kappa shape index (κ3) is 7.19. The highest BCUT2D eigenvalue weighted by molar-refractivity contribution is 9.10. The fourth-order valence-electron chi connectivity index (χ4n) is 2.34. The van der Waals surface area contributed by atoms with E-state index in [1.807, 2.05) is 12.1 Å². The molecule has 2 aromatic carbocycles. The van der Waals surface area contributed by atoms with Crippen LogP contribution in [0.15, 0.2) is 40.9 Å². The van der Waals surface area contributed by atoms with Crippen LogP contribution in [0.5, 0.6) is 17.2 Å². The third-order valence-corrected chi connectivity index (χ3v) is 4.60. The van der Waals surface area contributed by atoms with Crippen LogP contribution in [0.2, 0.25) is 0 Å². The largest absolute Gasteiger partial charge is 0.457 e. The molecule has 0 N–H and O–H groups in total. The van der Waals surface area contributed by atoms with E-state index in [4.69, 9.17) is 18.9 Å². The maximum absolute atomic E-state index is 12.7. The molecule has 2 rings (SSSR count). The molecule has 0 radical (unpaired) electrons. The van der Waals surface area contributed by atoms with Gasteiger partial charge in [-0.1, -0.05) is 48.8 Å². The molecule has 32 heavy (non-hydrogen) atoms. The number of hydrogen-bond acceptors (Lipinski definition) is 8. The SMILES string of the molecule is CCC(=O)Oc1cc(C(=O)OCc2ccc(Br)cc2)cc(OC(=O)CC)c1OC(=O)CC. The van der Waals surface area contributed by atoms with Crippen LogP contribution in [0, 0.1) is 0 Å². The third-order valence-electron chi connectivity index (χ3n) is 4.07. The van der Waals surface area contributed by atoms with E-state index in [1.165, 1.54) is 12.1 Å². The lowest BCUT2D eigenvalue weighted by Crippen LogP contribution is -2.15. The second-order valence-corrected chi connectivity index (χ2v) is 7.40. The molecule has 0 aromatic heterocycles. The molecular weight excluding hydrogens is 484 g/mol. The summed E-state index contributed by atoms with van der Waals surface area (Å²) in [5.41, 5.74) is 0.710. The summed E-state index contributed by atoms with van der Waals surface area (Å²) in [6.07, 6.45) is 0.0896. The molecule has 0 saturated heterocycles. The van der Waals surface area contributed by atoms with E-state index in [-0.39, 0.29) is 48.7 Å². The Hall–Kier alpha value is -3.20. The molecule has 0 aliphatic heterocycles. The Bertz CT molecular complexity index is 959. The molecule has 0 spiro atoms. The van der Waals surface area contributed by atoms with Gasteiger partial charge in [0.15, 0.2) is 11.5 Å². The van der Waals surface area contributed by atoms with Crippen molar-refractivity contribution in [2.24, 2.45) is 0 Å². The molecule has 0 aliphatic carbocycles. The first kappa shape index (κ1) is 25.1.